The number of β-lactam (4-membered cyclic amide) rings is 1. The van der Waals surface area contributed by atoms with Crippen molar-refractivity contribution < 1.29 is 14.3 Å². The van der Waals surface area contributed by atoms with E-state index in [0.29, 0.717) is 11.5 Å². The van der Waals surface area contributed by atoms with Crippen molar-refractivity contribution in [2.45, 2.75) is 19.0 Å². The molecule has 0 unspecified atom stereocenters. The minimum absolute atomic E-state index is 0.0753. The molecule has 1 heterocycles. The summed E-state index contributed by atoms with van der Waals surface area (Å²) in [6.45, 7) is 2.01. The molecule has 1 aliphatic heterocycles. The van der Waals surface area contributed by atoms with E-state index in [4.69, 9.17) is 15.2 Å². The van der Waals surface area contributed by atoms with Crippen molar-refractivity contribution in [2.75, 3.05) is 19.1 Å². The number of nitrogens with two attached hydrogens (primary N) is 1. The first kappa shape index (κ1) is 15.4. The van der Waals surface area contributed by atoms with Gasteiger partial charge < -0.3 is 20.1 Å². The van der Waals surface area contributed by atoms with Crippen LogP contribution in [0.4, 0.5) is 5.69 Å². The van der Waals surface area contributed by atoms with Gasteiger partial charge in [0.15, 0.2) is 11.5 Å². The number of rotatable bonds is 4. The molecule has 0 aliphatic carbocycles. The smallest absolute Gasteiger partial charge is 0.247 e. The molecule has 5 nitrogen and oxygen atoms in total. The summed E-state index contributed by atoms with van der Waals surface area (Å²) in [7, 11) is 3.18. The number of hydrogen-bond donors (Lipinski definition) is 1. The van der Waals surface area contributed by atoms with Gasteiger partial charge in [-0.1, -0.05) is 23.8 Å². The van der Waals surface area contributed by atoms with Crippen LogP contribution >= 0.6 is 0 Å². The molecule has 2 aromatic carbocycles. The molecule has 2 atom stereocenters. The van der Waals surface area contributed by atoms with Crippen molar-refractivity contribution >= 4 is 11.6 Å². The Morgan fingerprint density at radius 3 is 2.26 bits per heavy atom. The van der Waals surface area contributed by atoms with Crippen molar-refractivity contribution in [1.82, 2.24) is 0 Å². The van der Waals surface area contributed by atoms with Gasteiger partial charge in [-0.2, -0.15) is 0 Å². The van der Waals surface area contributed by atoms with Gasteiger partial charge in [0, 0.05) is 5.69 Å². The summed E-state index contributed by atoms with van der Waals surface area (Å²) in [5.74, 6) is 1.20. The van der Waals surface area contributed by atoms with Gasteiger partial charge in [0.2, 0.25) is 5.91 Å². The van der Waals surface area contributed by atoms with Crippen molar-refractivity contribution in [3.05, 3.63) is 53.6 Å². The lowest BCUT2D eigenvalue weighted by Crippen LogP contribution is -2.63. The minimum Gasteiger partial charge on any atom is -0.493 e. The Balaban J connectivity index is 1.97. The van der Waals surface area contributed by atoms with Crippen LogP contribution in [0.3, 0.4) is 0 Å². The van der Waals surface area contributed by atoms with Crippen LogP contribution in [0.2, 0.25) is 0 Å². The van der Waals surface area contributed by atoms with Crippen LogP contribution in [0.1, 0.15) is 17.2 Å². The third kappa shape index (κ3) is 2.53. The van der Waals surface area contributed by atoms with Crippen molar-refractivity contribution in [3.8, 4) is 11.5 Å². The lowest BCUT2D eigenvalue weighted by Gasteiger charge is -2.45. The van der Waals surface area contributed by atoms with Crippen LogP contribution in [-0.4, -0.2) is 26.2 Å². The summed E-state index contributed by atoms with van der Waals surface area (Å²) in [5.41, 5.74) is 8.98. The fraction of sp³-hybridized carbons (Fsp3) is 0.278. The number of anilines is 1. The largest absolute Gasteiger partial charge is 0.493 e. The molecule has 1 saturated heterocycles. The zero-order chi connectivity index (χ0) is 16.6. The van der Waals surface area contributed by atoms with E-state index in [1.807, 2.05) is 49.4 Å². The quantitative estimate of drug-likeness (QED) is 0.881. The fourth-order valence-electron chi connectivity index (χ4n) is 2.90. The number of amides is 1. The summed E-state index contributed by atoms with van der Waals surface area (Å²) < 4.78 is 10.6. The van der Waals surface area contributed by atoms with Gasteiger partial charge in [-0.3, -0.25) is 4.79 Å². The van der Waals surface area contributed by atoms with Gasteiger partial charge in [-0.25, -0.2) is 0 Å². The third-order valence-electron chi connectivity index (χ3n) is 4.20. The average molecular weight is 312 g/mol. The van der Waals surface area contributed by atoms with Gasteiger partial charge in [0.25, 0.3) is 0 Å². The van der Waals surface area contributed by atoms with E-state index in [1.165, 1.54) is 0 Å². The van der Waals surface area contributed by atoms with Gasteiger partial charge >= 0.3 is 0 Å². The highest BCUT2D eigenvalue weighted by Crippen LogP contribution is 2.40. The zero-order valence-electron chi connectivity index (χ0n) is 13.4. The van der Waals surface area contributed by atoms with Crippen molar-refractivity contribution in [1.29, 1.82) is 0 Å². The number of carbonyl (C=O) groups excluding carboxylic acids is 1. The van der Waals surface area contributed by atoms with E-state index in [9.17, 15) is 4.79 Å². The van der Waals surface area contributed by atoms with Crippen LogP contribution in [-0.2, 0) is 4.79 Å². The Bertz CT molecular complexity index is 728. The molecule has 1 aliphatic rings. The maximum absolute atomic E-state index is 12.3. The molecule has 2 aromatic rings. The van der Waals surface area contributed by atoms with Gasteiger partial charge in [-0.05, 0) is 36.8 Å². The lowest BCUT2D eigenvalue weighted by molar-refractivity contribution is -0.126. The van der Waals surface area contributed by atoms with Crippen LogP contribution in [0.15, 0.2) is 42.5 Å². The van der Waals surface area contributed by atoms with E-state index < -0.39 is 6.04 Å². The summed E-state index contributed by atoms with van der Waals surface area (Å²) in [6, 6.07) is 12.7. The molecule has 0 radical (unpaired) electrons. The Hall–Kier alpha value is -2.53. The first-order valence-electron chi connectivity index (χ1n) is 7.44. The van der Waals surface area contributed by atoms with Crippen LogP contribution in [0.25, 0.3) is 0 Å². The second kappa shape index (κ2) is 5.93. The molecule has 5 heteroatoms. The third-order valence-corrected chi connectivity index (χ3v) is 4.20. The maximum Gasteiger partial charge on any atom is 0.247 e. The van der Waals surface area contributed by atoms with Gasteiger partial charge in [-0.15, -0.1) is 0 Å². The standard InChI is InChI=1S/C18H20N2O3/c1-11-4-7-13(8-5-11)20-17(16(19)18(20)21)12-6-9-14(22-2)15(10-12)23-3/h4-10,16-17H,19H2,1-3H3/t16-,17-/m0/s1. The normalized spacial score (nSPS) is 20.2. The highest BCUT2D eigenvalue weighted by molar-refractivity contribution is 6.05. The number of benzene rings is 2. The zero-order valence-corrected chi connectivity index (χ0v) is 13.4. The van der Waals surface area contributed by atoms with Crippen LogP contribution in [0.5, 0.6) is 11.5 Å². The van der Waals surface area contributed by atoms with Crippen LogP contribution < -0.4 is 20.1 Å². The number of nitrogens with zero attached hydrogens (tertiary/aromatic N) is 1. The predicted molar refractivity (Wildman–Crippen MR) is 88.9 cm³/mol. The van der Waals surface area contributed by atoms with E-state index >= 15 is 0 Å². The Morgan fingerprint density at radius 2 is 1.65 bits per heavy atom. The highest BCUT2D eigenvalue weighted by atomic mass is 16.5. The lowest BCUT2D eigenvalue weighted by atomic mass is 9.88. The summed E-state index contributed by atoms with van der Waals surface area (Å²) in [5, 5.41) is 0. The van der Waals surface area contributed by atoms with Gasteiger partial charge in [0.1, 0.15) is 6.04 Å². The fourth-order valence-corrected chi connectivity index (χ4v) is 2.90. The number of aryl methyl sites for hydroxylation is 1. The Kier molecular flexibility index (Phi) is 3.96. The number of ether oxygens (including phenoxy) is 2. The average Bonchev–Trinajstić information content (AvgIpc) is 2.59. The van der Waals surface area contributed by atoms with E-state index in [2.05, 4.69) is 0 Å². The summed E-state index contributed by atoms with van der Waals surface area (Å²) in [4.78, 5) is 14.0. The molecule has 3 rings (SSSR count). The molecule has 0 spiro atoms. The number of hydrogen-bond acceptors (Lipinski definition) is 4. The summed E-state index contributed by atoms with van der Waals surface area (Å²) in [6.07, 6.45) is 0. The van der Waals surface area contributed by atoms with Crippen molar-refractivity contribution in [2.24, 2.45) is 5.73 Å². The van der Waals surface area contributed by atoms with E-state index in [1.54, 1.807) is 19.1 Å². The van der Waals surface area contributed by atoms with Gasteiger partial charge in [0.05, 0.1) is 20.3 Å². The van der Waals surface area contributed by atoms with Crippen LogP contribution in [0, 0.1) is 6.92 Å². The second-order valence-corrected chi connectivity index (χ2v) is 5.63. The molecule has 0 bridgehead atoms. The van der Waals surface area contributed by atoms with E-state index in [-0.39, 0.29) is 11.9 Å². The first-order chi connectivity index (χ1) is 11.1. The number of methoxy groups -OCH3 is 2. The molecule has 1 fully saturated rings. The molecule has 2 N–H and O–H groups in total. The molecule has 1 amide bonds. The maximum atomic E-state index is 12.3. The second-order valence-electron chi connectivity index (χ2n) is 5.63. The molecular weight excluding hydrogens is 292 g/mol. The molecule has 0 aromatic heterocycles. The molecule has 0 saturated carbocycles. The summed E-state index contributed by atoms with van der Waals surface area (Å²) >= 11 is 0. The highest BCUT2D eigenvalue weighted by Gasteiger charge is 2.46. The molecule has 120 valence electrons. The van der Waals surface area contributed by atoms with Crippen molar-refractivity contribution in [3.63, 3.8) is 0 Å². The topological polar surface area (TPSA) is 64.8 Å². The molecule has 23 heavy (non-hydrogen) atoms. The monoisotopic (exact) mass is 312 g/mol. The molecular formula is C18H20N2O3. The predicted octanol–water partition coefficient (Wildman–Crippen LogP) is 2.43. The SMILES string of the molecule is COc1ccc([C@H]2[C@H](N)C(=O)N2c2ccc(C)cc2)cc1OC. The number of carbonyl (C=O) groups is 1. The minimum atomic E-state index is -0.547. The Morgan fingerprint density at radius 1 is 1.00 bits per heavy atom. The first-order valence-corrected chi connectivity index (χ1v) is 7.44. The van der Waals surface area contributed by atoms with E-state index in [0.717, 1.165) is 16.8 Å². The Labute approximate surface area is 135 Å².